The molecule has 1 fully saturated rings. The van der Waals surface area contributed by atoms with Gasteiger partial charge in [0.25, 0.3) is 0 Å². The summed E-state index contributed by atoms with van der Waals surface area (Å²) in [6.07, 6.45) is 1.93. The van der Waals surface area contributed by atoms with E-state index < -0.39 is 12.0 Å². The SMILES string of the molecule is COc1ccc(CC(=O)NC(C(=O)O)C2CC2)cc1. The Balaban J connectivity index is 1.90. The second-order valence-corrected chi connectivity index (χ2v) is 4.75. The number of benzene rings is 1. The minimum atomic E-state index is -0.953. The van der Waals surface area contributed by atoms with E-state index in [0.717, 1.165) is 24.2 Å². The summed E-state index contributed by atoms with van der Waals surface area (Å²) in [5, 5.41) is 11.6. The molecule has 102 valence electrons. The molecule has 1 atom stereocenters. The fraction of sp³-hybridized carbons (Fsp3) is 0.429. The lowest BCUT2D eigenvalue weighted by molar-refractivity contribution is -0.142. The first-order valence-electron chi connectivity index (χ1n) is 6.25. The van der Waals surface area contributed by atoms with Crippen LogP contribution in [0.1, 0.15) is 18.4 Å². The zero-order valence-corrected chi connectivity index (χ0v) is 10.8. The van der Waals surface area contributed by atoms with Crippen LogP contribution < -0.4 is 10.1 Å². The van der Waals surface area contributed by atoms with E-state index >= 15 is 0 Å². The zero-order chi connectivity index (χ0) is 13.8. The van der Waals surface area contributed by atoms with Gasteiger partial charge in [0.1, 0.15) is 11.8 Å². The maximum atomic E-state index is 11.8. The summed E-state index contributed by atoms with van der Waals surface area (Å²) >= 11 is 0. The van der Waals surface area contributed by atoms with Gasteiger partial charge in [0.05, 0.1) is 13.5 Å². The molecular weight excluding hydrogens is 246 g/mol. The van der Waals surface area contributed by atoms with E-state index in [9.17, 15) is 9.59 Å². The van der Waals surface area contributed by atoms with Crippen LogP contribution in [0, 0.1) is 5.92 Å². The van der Waals surface area contributed by atoms with Crippen molar-refractivity contribution in [2.45, 2.75) is 25.3 Å². The van der Waals surface area contributed by atoms with Crippen LogP contribution in [0.4, 0.5) is 0 Å². The highest BCUT2D eigenvalue weighted by atomic mass is 16.5. The molecule has 2 N–H and O–H groups in total. The number of ether oxygens (including phenoxy) is 1. The van der Waals surface area contributed by atoms with Gasteiger partial charge in [-0.3, -0.25) is 4.79 Å². The summed E-state index contributed by atoms with van der Waals surface area (Å²) in [5.41, 5.74) is 0.832. The lowest BCUT2D eigenvalue weighted by Crippen LogP contribution is -2.43. The molecule has 5 heteroatoms. The zero-order valence-electron chi connectivity index (χ0n) is 10.8. The first-order chi connectivity index (χ1) is 9.10. The number of methoxy groups -OCH3 is 1. The van der Waals surface area contributed by atoms with Crippen molar-refractivity contribution >= 4 is 11.9 Å². The molecule has 0 bridgehead atoms. The van der Waals surface area contributed by atoms with E-state index in [2.05, 4.69) is 5.32 Å². The molecule has 1 aliphatic rings. The molecule has 0 radical (unpaired) electrons. The Hall–Kier alpha value is -2.04. The van der Waals surface area contributed by atoms with Crippen molar-refractivity contribution in [3.8, 4) is 5.75 Å². The Kier molecular flexibility index (Phi) is 4.04. The molecule has 1 aromatic rings. The first kappa shape index (κ1) is 13.4. The predicted molar refractivity (Wildman–Crippen MR) is 69.0 cm³/mol. The van der Waals surface area contributed by atoms with Crippen LogP contribution >= 0.6 is 0 Å². The van der Waals surface area contributed by atoms with E-state index in [-0.39, 0.29) is 18.2 Å². The first-order valence-corrected chi connectivity index (χ1v) is 6.25. The average Bonchev–Trinajstić information content (AvgIpc) is 3.21. The van der Waals surface area contributed by atoms with E-state index in [1.807, 2.05) is 0 Å². The Morgan fingerprint density at radius 2 is 2.00 bits per heavy atom. The summed E-state index contributed by atoms with van der Waals surface area (Å²) in [6, 6.07) is 6.40. The van der Waals surface area contributed by atoms with Gasteiger partial charge in [-0.2, -0.15) is 0 Å². The third-order valence-corrected chi connectivity index (χ3v) is 3.20. The average molecular weight is 263 g/mol. The third kappa shape index (κ3) is 3.71. The number of carboxylic acid groups (broad SMARTS) is 1. The number of hydrogen-bond acceptors (Lipinski definition) is 3. The molecule has 1 aliphatic carbocycles. The van der Waals surface area contributed by atoms with Crippen molar-refractivity contribution in [1.29, 1.82) is 0 Å². The highest BCUT2D eigenvalue weighted by Crippen LogP contribution is 2.32. The van der Waals surface area contributed by atoms with Crippen molar-refractivity contribution < 1.29 is 19.4 Å². The summed E-state index contributed by atoms with van der Waals surface area (Å²) in [6.45, 7) is 0. The lowest BCUT2D eigenvalue weighted by Gasteiger charge is -2.13. The Bertz CT molecular complexity index is 465. The van der Waals surface area contributed by atoms with Gasteiger partial charge >= 0.3 is 5.97 Å². The maximum absolute atomic E-state index is 11.8. The largest absolute Gasteiger partial charge is 0.497 e. The summed E-state index contributed by atoms with van der Waals surface area (Å²) in [7, 11) is 1.58. The molecule has 0 heterocycles. The quantitative estimate of drug-likeness (QED) is 0.809. The molecule has 0 aromatic heterocycles. The van der Waals surface area contributed by atoms with Gasteiger partial charge in [-0.1, -0.05) is 12.1 Å². The van der Waals surface area contributed by atoms with Crippen LogP contribution in [0.2, 0.25) is 0 Å². The van der Waals surface area contributed by atoms with Gasteiger partial charge in [0, 0.05) is 0 Å². The normalized spacial score (nSPS) is 15.6. The predicted octanol–water partition coefficient (Wildman–Crippen LogP) is 1.22. The van der Waals surface area contributed by atoms with Crippen LogP contribution in [-0.2, 0) is 16.0 Å². The Morgan fingerprint density at radius 1 is 1.37 bits per heavy atom. The van der Waals surface area contributed by atoms with E-state index in [4.69, 9.17) is 9.84 Å². The van der Waals surface area contributed by atoms with Gasteiger partial charge in [-0.05, 0) is 36.5 Å². The minimum Gasteiger partial charge on any atom is -0.497 e. The monoisotopic (exact) mass is 263 g/mol. The van der Waals surface area contributed by atoms with Crippen LogP contribution in [0.3, 0.4) is 0 Å². The summed E-state index contributed by atoms with van der Waals surface area (Å²) < 4.78 is 5.03. The van der Waals surface area contributed by atoms with Crippen LogP contribution in [-0.4, -0.2) is 30.1 Å². The van der Waals surface area contributed by atoms with Crippen molar-refractivity contribution in [3.63, 3.8) is 0 Å². The molecule has 0 aliphatic heterocycles. The topological polar surface area (TPSA) is 75.6 Å². The Labute approximate surface area is 111 Å². The number of aliphatic carboxylic acids is 1. The molecule has 0 spiro atoms. The van der Waals surface area contributed by atoms with Crippen molar-refractivity contribution in [1.82, 2.24) is 5.32 Å². The number of nitrogens with one attached hydrogen (secondary N) is 1. The van der Waals surface area contributed by atoms with E-state index in [1.165, 1.54) is 0 Å². The van der Waals surface area contributed by atoms with Gasteiger partial charge in [-0.15, -0.1) is 0 Å². The van der Waals surface area contributed by atoms with Crippen LogP contribution in [0.15, 0.2) is 24.3 Å². The number of hydrogen-bond donors (Lipinski definition) is 2. The minimum absolute atomic E-state index is 0.0947. The lowest BCUT2D eigenvalue weighted by atomic mass is 10.1. The van der Waals surface area contributed by atoms with Gasteiger partial charge < -0.3 is 15.2 Å². The molecule has 2 rings (SSSR count). The molecule has 1 unspecified atom stereocenters. The van der Waals surface area contributed by atoms with E-state index in [0.29, 0.717) is 0 Å². The van der Waals surface area contributed by atoms with Crippen molar-refractivity contribution in [2.24, 2.45) is 5.92 Å². The van der Waals surface area contributed by atoms with Gasteiger partial charge in [0.2, 0.25) is 5.91 Å². The highest BCUT2D eigenvalue weighted by Gasteiger charge is 2.37. The maximum Gasteiger partial charge on any atom is 0.326 e. The fourth-order valence-electron chi connectivity index (χ4n) is 1.96. The summed E-state index contributed by atoms with van der Waals surface area (Å²) in [4.78, 5) is 22.8. The van der Waals surface area contributed by atoms with Crippen molar-refractivity contribution in [2.75, 3.05) is 7.11 Å². The van der Waals surface area contributed by atoms with Gasteiger partial charge in [0.15, 0.2) is 0 Å². The second kappa shape index (κ2) is 5.73. The number of carbonyl (C=O) groups excluding carboxylic acids is 1. The Morgan fingerprint density at radius 3 is 2.47 bits per heavy atom. The molecular formula is C14H17NO4. The fourth-order valence-corrected chi connectivity index (χ4v) is 1.96. The third-order valence-electron chi connectivity index (χ3n) is 3.20. The molecule has 1 aromatic carbocycles. The number of carboxylic acids is 1. The molecule has 19 heavy (non-hydrogen) atoms. The molecule has 1 saturated carbocycles. The smallest absolute Gasteiger partial charge is 0.326 e. The molecule has 1 amide bonds. The number of carbonyl (C=O) groups is 2. The molecule has 5 nitrogen and oxygen atoms in total. The number of rotatable bonds is 6. The van der Waals surface area contributed by atoms with Crippen LogP contribution in [0.5, 0.6) is 5.75 Å². The standard InChI is InChI=1S/C14H17NO4/c1-19-11-6-2-9(3-7-11)8-12(16)15-13(14(17)18)10-4-5-10/h2-3,6-7,10,13H,4-5,8H2,1H3,(H,15,16)(H,17,18). The van der Waals surface area contributed by atoms with Crippen LogP contribution in [0.25, 0.3) is 0 Å². The van der Waals surface area contributed by atoms with Gasteiger partial charge in [-0.25, -0.2) is 4.79 Å². The summed E-state index contributed by atoms with van der Waals surface area (Å²) in [5.74, 6) is -0.391. The second-order valence-electron chi connectivity index (χ2n) is 4.75. The highest BCUT2D eigenvalue weighted by molar-refractivity contribution is 5.85. The molecule has 0 saturated heterocycles. The number of amides is 1. The van der Waals surface area contributed by atoms with E-state index in [1.54, 1.807) is 31.4 Å². The van der Waals surface area contributed by atoms with Crippen molar-refractivity contribution in [3.05, 3.63) is 29.8 Å².